The number of rotatable bonds is 4. The molecule has 0 radical (unpaired) electrons. The molecule has 0 unspecified atom stereocenters. The normalized spacial score (nSPS) is 10.3. The minimum absolute atomic E-state index is 0.727. The number of hydrogen-bond donors (Lipinski definition) is 0. The van der Waals surface area contributed by atoms with Crippen molar-refractivity contribution in [1.82, 2.24) is 0 Å². The maximum atomic E-state index is 6.41. The van der Waals surface area contributed by atoms with Gasteiger partial charge in [-0.25, -0.2) is 0 Å². The maximum absolute atomic E-state index is 6.41. The van der Waals surface area contributed by atoms with Gasteiger partial charge in [0.1, 0.15) is 5.75 Å². The Morgan fingerprint density at radius 1 is 0.870 bits per heavy atom. The molecule has 1 nitrogen and oxygen atoms in total. The van der Waals surface area contributed by atoms with Gasteiger partial charge in [-0.05, 0) is 28.8 Å². The topological polar surface area (TPSA) is 9.23 Å². The van der Waals surface area contributed by atoms with E-state index in [1.54, 1.807) is 7.11 Å². The Morgan fingerprint density at radius 2 is 1.57 bits per heavy atom. The first-order valence-corrected chi connectivity index (χ1v) is 7.77. The van der Waals surface area contributed by atoms with E-state index >= 15 is 0 Å². The summed E-state index contributed by atoms with van der Waals surface area (Å²) < 4.78 is 5.60. The summed E-state index contributed by atoms with van der Waals surface area (Å²) in [6.45, 7) is 3.80. The highest BCUT2D eigenvalue weighted by Gasteiger charge is 2.14. The Labute approximate surface area is 141 Å². The largest absolute Gasteiger partial charge is 0.496 e. The lowest BCUT2D eigenvalue weighted by Crippen LogP contribution is -1.92. The van der Waals surface area contributed by atoms with Crippen molar-refractivity contribution in [3.8, 4) is 28.0 Å². The SMILES string of the molecule is C=Cc1ccc(-c2c(OC)cccc2-c2ccccc2Cl)cc1. The summed E-state index contributed by atoms with van der Waals surface area (Å²) in [5.41, 5.74) is 5.27. The summed E-state index contributed by atoms with van der Waals surface area (Å²) in [5.74, 6) is 0.828. The van der Waals surface area contributed by atoms with Gasteiger partial charge in [0.25, 0.3) is 0 Å². The van der Waals surface area contributed by atoms with Crippen molar-refractivity contribution in [1.29, 1.82) is 0 Å². The monoisotopic (exact) mass is 320 g/mol. The fourth-order valence-corrected chi connectivity index (χ4v) is 2.93. The van der Waals surface area contributed by atoms with Crippen molar-refractivity contribution in [3.05, 3.63) is 83.9 Å². The number of hydrogen-bond acceptors (Lipinski definition) is 1. The zero-order valence-corrected chi connectivity index (χ0v) is 13.7. The van der Waals surface area contributed by atoms with Crippen LogP contribution in [-0.4, -0.2) is 7.11 Å². The van der Waals surface area contributed by atoms with Crippen LogP contribution in [-0.2, 0) is 0 Å². The molecule has 3 aromatic rings. The zero-order chi connectivity index (χ0) is 16.2. The highest BCUT2D eigenvalue weighted by Crippen LogP contribution is 2.41. The third kappa shape index (κ3) is 3.01. The van der Waals surface area contributed by atoms with Gasteiger partial charge in [0.05, 0.1) is 7.11 Å². The summed E-state index contributed by atoms with van der Waals surface area (Å²) >= 11 is 6.41. The molecule has 0 atom stereocenters. The van der Waals surface area contributed by atoms with Gasteiger partial charge in [-0.2, -0.15) is 0 Å². The van der Waals surface area contributed by atoms with Crippen molar-refractivity contribution in [2.24, 2.45) is 0 Å². The lowest BCUT2D eigenvalue weighted by atomic mass is 9.93. The second kappa shape index (κ2) is 6.72. The highest BCUT2D eigenvalue weighted by molar-refractivity contribution is 6.33. The predicted octanol–water partition coefficient (Wildman–Crippen LogP) is 6.33. The molecular formula is C21H17ClO. The molecule has 3 rings (SSSR count). The first-order chi connectivity index (χ1) is 11.2. The van der Waals surface area contributed by atoms with E-state index in [-0.39, 0.29) is 0 Å². The summed E-state index contributed by atoms with van der Waals surface area (Å²) in [4.78, 5) is 0. The smallest absolute Gasteiger partial charge is 0.127 e. The quantitative estimate of drug-likeness (QED) is 0.546. The predicted molar refractivity (Wildman–Crippen MR) is 99.0 cm³/mol. The lowest BCUT2D eigenvalue weighted by Gasteiger charge is -2.15. The fourth-order valence-electron chi connectivity index (χ4n) is 2.69. The molecule has 0 aliphatic carbocycles. The Bertz CT molecular complexity index is 835. The van der Waals surface area contributed by atoms with Crippen LogP contribution in [0.15, 0.2) is 73.3 Å². The van der Waals surface area contributed by atoms with Crippen LogP contribution in [0.4, 0.5) is 0 Å². The molecule has 0 spiro atoms. The van der Waals surface area contributed by atoms with Crippen molar-refractivity contribution in [2.45, 2.75) is 0 Å². The third-order valence-electron chi connectivity index (χ3n) is 3.85. The molecule has 0 saturated carbocycles. The Morgan fingerprint density at radius 3 is 2.22 bits per heavy atom. The molecule has 114 valence electrons. The average molecular weight is 321 g/mol. The molecular weight excluding hydrogens is 304 g/mol. The third-order valence-corrected chi connectivity index (χ3v) is 4.17. The van der Waals surface area contributed by atoms with Gasteiger partial charge >= 0.3 is 0 Å². The van der Waals surface area contributed by atoms with Crippen molar-refractivity contribution in [3.63, 3.8) is 0 Å². The molecule has 0 bridgehead atoms. The second-order valence-electron chi connectivity index (χ2n) is 5.19. The second-order valence-corrected chi connectivity index (χ2v) is 5.60. The van der Waals surface area contributed by atoms with E-state index in [0.29, 0.717) is 0 Å². The maximum Gasteiger partial charge on any atom is 0.127 e. The standard InChI is InChI=1S/C21H17ClO/c1-3-15-11-13-16(14-12-15)21-18(8-6-10-20(21)23-2)17-7-4-5-9-19(17)22/h3-14H,1H2,2H3. The van der Waals surface area contributed by atoms with Gasteiger partial charge < -0.3 is 4.74 Å². The van der Waals surface area contributed by atoms with Crippen LogP contribution >= 0.6 is 11.6 Å². The van der Waals surface area contributed by atoms with E-state index in [1.807, 2.05) is 54.6 Å². The van der Waals surface area contributed by atoms with Gasteiger partial charge in [0.2, 0.25) is 0 Å². The molecule has 0 aliphatic heterocycles. The van der Waals surface area contributed by atoms with Crippen LogP contribution < -0.4 is 4.74 Å². The number of ether oxygens (including phenoxy) is 1. The molecule has 0 heterocycles. The fraction of sp³-hybridized carbons (Fsp3) is 0.0476. The molecule has 3 aromatic carbocycles. The van der Waals surface area contributed by atoms with Gasteiger partial charge in [-0.3, -0.25) is 0 Å². The molecule has 0 aliphatic rings. The van der Waals surface area contributed by atoms with Gasteiger partial charge in [0, 0.05) is 16.1 Å². The van der Waals surface area contributed by atoms with E-state index in [1.165, 1.54) is 0 Å². The molecule has 0 amide bonds. The Hall–Kier alpha value is -2.51. The van der Waals surface area contributed by atoms with Crippen LogP contribution in [0.5, 0.6) is 5.75 Å². The van der Waals surface area contributed by atoms with E-state index in [4.69, 9.17) is 16.3 Å². The highest BCUT2D eigenvalue weighted by atomic mass is 35.5. The van der Waals surface area contributed by atoms with Gasteiger partial charge in [-0.15, -0.1) is 0 Å². The Kier molecular flexibility index (Phi) is 4.50. The number of methoxy groups -OCH3 is 1. The van der Waals surface area contributed by atoms with Crippen molar-refractivity contribution in [2.75, 3.05) is 7.11 Å². The number of halogens is 1. The molecule has 23 heavy (non-hydrogen) atoms. The summed E-state index contributed by atoms with van der Waals surface area (Å²) in [6.07, 6.45) is 1.83. The van der Waals surface area contributed by atoms with E-state index in [9.17, 15) is 0 Å². The van der Waals surface area contributed by atoms with Crippen molar-refractivity contribution < 1.29 is 4.74 Å². The van der Waals surface area contributed by atoms with E-state index in [2.05, 4.69) is 24.8 Å². The number of benzene rings is 3. The molecule has 0 fully saturated rings. The van der Waals surface area contributed by atoms with Crippen LogP contribution in [0.1, 0.15) is 5.56 Å². The van der Waals surface area contributed by atoms with Gasteiger partial charge in [-0.1, -0.05) is 78.9 Å². The molecule has 0 N–H and O–H groups in total. The van der Waals surface area contributed by atoms with Gasteiger partial charge in [0.15, 0.2) is 0 Å². The van der Waals surface area contributed by atoms with Crippen LogP contribution in [0.25, 0.3) is 28.3 Å². The summed E-state index contributed by atoms with van der Waals surface area (Å²) in [6, 6.07) is 22.1. The zero-order valence-electron chi connectivity index (χ0n) is 12.9. The minimum atomic E-state index is 0.727. The van der Waals surface area contributed by atoms with Crippen molar-refractivity contribution >= 4 is 17.7 Å². The first kappa shape index (κ1) is 15.4. The Balaban J connectivity index is 2.25. The first-order valence-electron chi connectivity index (χ1n) is 7.39. The average Bonchev–Trinajstić information content (AvgIpc) is 2.61. The van der Waals surface area contributed by atoms with Crippen LogP contribution in [0.3, 0.4) is 0 Å². The van der Waals surface area contributed by atoms with E-state index < -0.39 is 0 Å². The molecule has 0 saturated heterocycles. The summed E-state index contributed by atoms with van der Waals surface area (Å²) in [7, 11) is 1.69. The lowest BCUT2D eigenvalue weighted by molar-refractivity contribution is 0.416. The minimum Gasteiger partial charge on any atom is -0.496 e. The van der Waals surface area contributed by atoms with E-state index in [0.717, 1.165) is 38.6 Å². The summed E-state index contributed by atoms with van der Waals surface area (Å²) in [5, 5.41) is 0.727. The molecule has 0 aromatic heterocycles. The molecule has 2 heteroatoms. The van der Waals surface area contributed by atoms with Crippen LogP contribution in [0.2, 0.25) is 5.02 Å². The van der Waals surface area contributed by atoms with Crippen LogP contribution in [0, 0.1) is 0 Å².